The number of halogens is 1. The molecule has 2 aromatic rings. The van der Waals surface area contributed by atoms with Gasteiger partial charge in [-0.05, 0) is 32.0 Å². The SMILES string of the molecule is CC(C)[N+](C)(C)CC(O)COc1cccc2[nH]ccc12.[I-]. The van der Waals surface area contributed by atoms with E-state index in [-0.39, 0.29) is 24.0 Å². The van der Waals surface area contributed by atoms with Gasteiger partial charge in [0, 0.05) is 17.1 Å². The highest BCUT2D eigenvalue weighted by molar-refractivity contribution is 5.85. The molecule has 4 nitrogen and oxygen atoms in total. The molecule has 0 aliphatic heterocycles. The highest BCUT2D eigenvalue weighted by Gasteiger charge is 2.24. The van der Waals surface area contributed by atoms with Crippen molar-refractivity contribution in [2.75, 3.05) is 27.2 Å². The minimum absolute atomic E-state index is 0. The molecular weight excluding hydrogens is 379 g/mol. The summed E-state index contributed by atoms with van der Waals surface area (Å²) >= 11 is 0. The van der Waals surface area contributed by atoms with E-state index in [1.165, 1.54) is 0 Å². The minimum Gasteiger partial charge on any atom is -1.00 e. The van der Waals surface area contributed by atoms with E-state index >= 15 is 0 Å². The molecule has 1 atom stereocenters. The van der Waals surface area contributed by atoms with Crippen LogP contribution in [0.25, 0.3) is 10.9 Å². The third-order valence-electron chi connectivity index (χ3n) is 4.07. The van der Waals surface area contributed by atoms with Crippen LogP contribution in [0, 0.1) is 0 Å². The van der Waals surface area contributed by atoms with Crippen molar-refractivity contribution in [3.8, 4) is 5.75 Å². The molecule has 0 aliphatic rings. The van der Waals surface area contributed by atoms with E-state index in [0.29, 0.717) is 19.2 Å². The molecule has 5 heteroatoms. The van der Waals surface area contributed by atoms with Crippen molar-refractivity contribution in [3.63, 3.8) is 0 Å². The Morgan fingerprint density at radius 3 is 2.62 bits per heavy atom. The van der Waals surface area contributed by atoms with Crippen LogP contribution in [0.4, 0.5) is 0 Å². The number of ether oxygens (including phenoxy) is 1. The molecule has 21 heavy (non-hydrogen) atoms. The van der Waals surface area contributed by atoms with Gasteiger partial charge in [0.25, 0.3) is 0 Å². The number of likely N-dealkylation sites (N-methyl/N-ethyl adjacent to an activating group) is 1. The largest absolute Gasteiger partial charge is 1.00 e. The third-order valence-corrected chi connectivity index (χ3v) is 4.07. The zero-order chi connectivity index (χ0) is 14.8. The Balaban J connectivity index is 0.00000220. The van der Waals surface area contributed by atoms with Crippen LogP contribution in [0.15, 0.2) is 30.5 Å². The first-order valence-corrected chi connectivity index (χ1v) is 7.10. The minimum atomic E-state index is -0.471. The number of aromatic nitrogens is 1. The number of aliphatic hydroxyl groups is 1. The molecule has 0 fully saturated rings. The van der Waals surface area contributed by atoms with E-state index in [1.807, 2.05) is 30.5 Å². The summed E-state index contributed by atoms with van der Waals surface area (Å²) in [5.41, 5.74) is 1.05. The van der Waals surface area contributed by atoms with Crippen molar-refractivity contribution in [3.05, 3.63) is 30.5 Å². The summed E-state index contributed by atoms with van der Waals surface area (Å²) in [5, 5.41) is 11.2. The summed E-state index contributed by atoms with van der Waals surface area (Å²) < 4.78 is 6.56. The smallest absolute Gasteiger partial charge is 0.137 e. The molecule has 2 N–H and O–H groups in total. The summed E-state index contributed by atoms with van der Waals surface area (Å²) in [6, 6.07) is 8.36. The quantitative estimate of drug-likeness (QED) is 0.499. The van der Waals surface area contributed by atoms with E-state index in [2.05, 4.69) is 32.9 Å². The molecule has 0 bridgehead atoms. The van der Waals surface area contributed by atoms with Crippen molar-refractivity contribution in [2.24, 2.45) is 0 Å². The monoisotopic (exact) mass is 404 g/mol. The summed E-state index contributed by atoms with van der Waals surface area (Å²) in [6.07, 6.45) is 1.42. The Hall–Kier alpha value is -0.790. The van der Waals surface area contributed by atoms with E-state index in [1.54, 1.807) is 0 Å². The average molecular weight is 404 g/mol. The molecule has 1 unspecified atom stereocenters. The van der Waals surface area contributed by atoms with Crippen LogP contribution in [0.3, 0.4) is 0 Å². The first-order valence-electron chi connectivity index (χ1n) is 7.10. The standard InChI is InChI=1S/C16H25N2O2.HI/c1-12(2)18(3,4)10-13(19)11-20-16-7-5-6-15-14(16)8-9-17-15;/h5-9,12-13,17,19H,10-11H2,1-4H3;1H/q+1;/p-1. The average Bonchev–Trinajstić information content (AvgIpc) is 2.84. The fourth-order valence-corrected chi connectivity index (χ4v) is 2.18. The van der Waals surface area contributed by atoms with Gasteiger partial charge >= 0.3 is 0 Å². The van der Waals surface area contributed by atoms with Gasteiger partial charge < -0.3 is 43.3 Å². The van der Waals surface area contributed by atoms with E-state index < -0.39 is 6.10 Å². The number of nitrogens with one attached hydrogen (secondary N) is 1. The predicted molar refractivity (Wildman–Crippen MR) is 81.9 cm³/mol. The van der Waals surface area contributed by atoms with Crippen molar-refractivity contribution in [2.45, 2.75) is 26.0 Å². The molecule has 1 aromatic heterocycles. The van der Waals surface area contributed by atoms with Crippen LogP contribution >= 0.6 is 0 Å². The van der Waals surface area contributed by atoms with E-state index in [0.717, 1.165) is 21.1 Å². The van der Waals surface area contributed by atoms with Crippen molar-refractivity contribution < 1.29 is 38.3 Å². The molecule has 0 saturated carbocycles. The lowest BCUT2D eigenvalue weighted by molar-refractivity contribution is -0.914. The lowest BCUT2D eigenvalue weighted by atomic mass is 10.2. The lowest BCUT2D eigenvalue weighted by Gasteiger charge is -2.35. The highest BCUT2D eigenvalue weighted by atomic mass is 127. The van der Waals surface area contributed by atoms with Gasteiger partial charge in [0.05, 0.1) is 20.1 Å². The number of quaternary nitrogens is 1. The molecule has 1 aromatic carbocycles. The number of H-pyrrole nitrogens is 1. The second kappa shape index (κ2) is 7.47. The first kappa shape index (κ1) is 18.3. The number of aromatic amines is 1. The second-order valence-electron chi connectivity index (χ2n) is 6.21. The summed E-state index contributed by atoms with van der Waals surface area (Å²) in [6.45, 7) is 5.32. The zero-order valence-corrected chi connectivity index (χ0v) is 15.3. The molecule has 0 amide bonds. The molecule has 0 aliphatic carbocycles. The maximum Gasteiger partial charge on any atom is 0.137 e. The predicted octanol–water partition coefficient (Wildman–Crippen LogP) is -0.604. The van der Waals surface area contributed by atoms with Gasteiger partial charge in [0.2, 0.25) is 0 Å². The molecule has 0 saturated heterocycles. The topological polar surface area (TPSA) is 45.2 Å². The molecule has 118 valence electrons. The maximum atomic E-state index is 10.2. The number of fused-ring (bicyclic) bond motifs is 1. The Morgan fingerprint density at radius 2 is 1.95 bits per heavy atom. The highest BCUT2D eigenvalue weighted by Crippen LogP contribution is 2.24. The Labute approximate surface area is 143 Å². The van der Waals surface area contributed by atoms with Gasteiger partial charge in [-0.25, -0.2) is 0 Å². The second-order valence-corrected chi connectivity index (χ2v) is 6.21. The third kappa shape index (κ3) is 4.59. The van der Waals surface area contributed by atoms with Gasteiger partial charge in [0.1, 0.15) is 25.0 Å². The van der Waals surface area contributed by atoms with Crippen molar-refractivity contribution in [1.29, 1.82) is 0 Å². The van der Waals surface area contributed by atoms with Crippen molar-refractivity contribution >= 4 is 10.9 Å². The summed E-state index contributed by atoms with van der Waals surface area (Å²) in [5.74, 6) is 0.817. The number of rotatable bonds is 6. The van der Waals surface area contributed by atoms with Gasteiger partial charge in [0.15, 0.2) is 0 Å². The number of aliphatic hydroxyl groups excluding tert-OH is 1. The zero-order valence-electron chi connectivity index (χ0n) is 13.1. The molecule has 1 heterocycles. The number of nitrogens with zero attached hydrogens (tertiary/aromatic N) is 1. The molecule has 0 radical (unpaired) electrons. The molecule has 2 rings (SSSR count). The van der Waals surface area contributed by atoms with Crippen LogP contribution in [-0.4, -0.2) is 54.0 Å². The fourth-order valence-electron chi connectivity index (χ4n) is 2.18. The van der Waals surface area contributed by atoms with Gasteiger partial charge in [-0.15, -0.1) is 0 Å². The van der Waals surface area contributed by atoms with Gasteiger partial charge in [-0.2, -0.15) is 0 Å². The van der Waals surface area contributed by atoms with Crippen molar-refractivity contribution in [1.82, 2.24) is 4.98 Å². The number of hydrogen-bond acceptors (Lipinski definition) is 2. The van der Waals surface area contributed by atoms with Crippen LogP contribution in [0.2, 0.25) is 0 Å². The number of hydrogen-bond donors (Lipinski definition) is 2. The Bertz CT molecular complexity index is 566. The van der Waals surface area contributed by atoms with E-state index in [9.17, 15) is 5.11 Å². The van der Waals surface area contributed by atoms with Crippen LogP contribution < -0.4 is 28.7 Å². The Kier molecular flexibility index (Phi) is 6.49. The first-order chi connectivity index (χ1) is 9.40. The van der Waals surface area contributed by atoms with Crippen LogP contribution in [0.1, 0.15) is 13.8 Å². The summed E-state index contributed by atoms with van der Waals surface area (Å²) in [7, 11) is 4.25. The molecular formula is C16H25IN2O2. The number of benzene rings is 1. The van der Waals surface area contributed by atoms with Crippen LogP contribution in [0.5, 0.6) is 5.75 Å². The van der Waals surface area contributed by atoms with Gasteiger partial charge in [-0.3, -0.25) is 0 Å². The summed E-state index contributed by atoms with van der Waals surface area (Å²) in [4.78, 5) is 3.16. The fraction of sp³-hybridized carbons (Fsp3) is 0.500. The Morgan fingerprint density at radius 1 is 1.24 bits per heavy atom. The van der Waals surface area contributed by atoms with Gasteiger partial charge in [-0.1, -0.05) is 6.07 Å². The maximum absolute atomic E-state index is 10.2. The lowest BCUT2D eigenvalue weighted by Crippen LogP contribution is -3.00. The normalized spacial score (nSPS) is 13.2. The van der Waals surface area contributed by atoms with E-state index in [4.69, 9.17) is 4.74 Å². The molecule has 0 spiro atoms. The van der Waals surface area contributed by atoms with Crippen LogP contribution in [-0.2, 0) is 0 Å².